The number of aromatic nitrogens is 1. The normalized spacial score (nSPS) is 12.5. The zero-order chi connectivity index (χ0) is 8.10. The Balaban J connectivity index is 2.51. The van der Waals surface area contributed by atoms with Crippen molar-refractivity contribution in [3.8, 4) is 5.75 Å². The molecule has 1 aromatic rings. The second-order valence-electron chi connectivity index (χ2n) is 2.03. The Hall–Kier alpha value is -1.09. The van der Waals surface area contributed by atoms with Crippen LogP contribution in [0.5, 0.6) is 5.75 Å². The monoisotopic (exact) mass is 152 g/mol. The summed E-state index contributed by atoms with van der Waals surface area (Å²) in [5.41, 5.74) is 0. The van der Waals surface area contributed by atoms with E-state index in [-0.39, 0.29) is 6.29 Å². The lowest BCUT2D eigenvalue weighted by atomic mass is 10.5. The highest BCUT2D eigenvalue weighted by Crippen LogP contribution is 2.07. The fraction of sp³-hybridized carbons (Fsp3) is 0.375. The molecule has 0 saturated heterocycles. The van der Waals surface area contributed by atoms with Crippen LogP contribution in [0.15, 0.2) is 18.3 Å². The van der Waals surface area contributed by atoms with Crippen molar-refractivity contribution in [2.45, 2.75) is 13.2 Å². The molecule has 0 fully saturated rings. The van der Waals surface area contributed by atoms with Gasteiger partial charge in [0.05, 0.1) is 0 Å². The van der Waals surface area contributed by atoms with Crippen LogP contribution in [0.4, 0.5) is 0 Å². The number of nitrogens with zero attached hydrogens (tertiary/aromatic N) is 1. The van der Waals surface area contributed by atoms with Gasteiger partial charge < -0.3 is 9.47 Å². The number of ether oxygens (including phenoxy) is 2. The second kappa shape index (κ2) is 3.93. The lowest BCUT2D eigenvalue weighted by Gasteiger charge is -2.10. The average Bonchev–Trinajstić information content (AvgIpc) is 2.06. The Kier molecular flexibility index (Phi) is 2.86. The van der Waals surface area contributed by atoms with Crippen LogP contribution in [0.2, 0.25) is 0 Å². The van der Waals surface area contributed by atoms with Gasteiger partial charge in [0, 0.05) is 13.3 Å². The fourth-order valence-corrected chi connectivity index (χ4v) is 0.604. The molecule has 0 saturated carbocycles. The Bertz CT molecular complexity index is 201. The molecule has 11 heavy (non-hydrogen) atoms. The number of methoxy groups -OCH3 is 1. The van der Waals surface area contributed by atoms with Crippen LogP contribution in [0.1, 0.15) is 6.92 Å². The predicted octanol–water partition coefficient (Wildman–Crippen LogP) is 1.25. The van der Waals surface area contributed by atoms with E-state index in [1.165, 1.54) is 0 Å². The minimum absolute atomic E-state index is 0.254. The Morgan fingerprint density at radius 1 is 1.64 bits per heavy atom. The molecule has 0 bridgehead atoms. The van der Waals surface area contributed by atoms with E-state index in [1.807, 2.05) is 0 Å². The van der Waals surface area contributed by atoms with Crippen LogP contribution in [0, 0.1) is 6.20 Å². The van der Waals surface area contributed by atoms with Gasteiger partial charge >= 0.3 is 0 Å². The Labute approximate surface area is 66.0 Å². The summed E-state index contributed by atoms with van der Waals surface area (Å²) in [6.45, 7) is 1.81. The highest BCUT2D eigenvalue weighted by Gasteiger charge is 1.99. The first-order valence-corrected chi connectivity index (χ1v) is 3.35. The SMILES string of the molecule is COC(C)Oc1[c]nccc1. The summed E-state index contributed by atoms with van der Waals surface area (Å²) in [6.07, 6.45) is 4.07. The van der Waals surface area contributed by atoms with E-state index in [4.69, 9.17) is 9.47 Å². The van der Waals surface area contributed by atoms with Crippen molar-refractivity contribution in [3.05, 3.63) is 24.5 Å². The molecule has 1 rings (SSSR count). The first-order valence-electron chi connectivity index (χ1n) is 3.35. The third-order valence-corrected chi connectivity index (χ3v) is 1.21. The van der Waals surface area contributed by atoms with Crippen molar-refractivity contribution in [2.75, 3.05) is 7.11 Å². The molecule has 1 unspecified atom stereocenters. The van der Waals surface area contributed by atoms with Gasteiger partial charge in [0.2, 0.25) is 0 Å². The molecule has 1 aromatic heterocycles. The Morgan fingerprint density at radius 2 is 2.45 bits per heavy atom. The smallest absolute Gasteiger partial charge is 0.196 e. The van der Waals surface area contributed by atoms with E-state index in [0.29, 0.717) is 5.75 Å². The van der Waals surface area contributed by atoms with Crippen LogP contribution in [0.3, 0.4) is 0 Å². The van der Waals surface area contributed by atoms with E-state index in [0.717, 1.165) is 0 Å². The molecular weight excluding hydrogens is 142 g/mol. The second-order valence-corrected chi connectivity index (χ2v) is 2.03. The van der Waals surface area contributed by atoms with Gasteiger partial charge in [0.1, 0.15) is 6.20 Å². The quantitative estimate of drug-likeness (QED) is 0.611. The summed E-state index contributed by atoms with van der Waals surface area (Å²) in [4.78, 5) is 3.77. The molecule has 0 spiro atoms. The van der Waals surface area contributed by atoms with Crippen molar-refractivity contribution < 1.29 is 9.47 Å². The average molecular weight is 152 g/mol. The van der Waals surface area contributed by atoms with Crippen LogP contribution in [-0.4, -0.2) is 18.4 Å². The van der Waals surface area contributed by atoms with E-state index < -0.39 is 0 Å². The summed E-state index contributed by atoms with van der Waals surface area (Å²) < 4.78 is 10.1. The maximum absolute atomic E-state index is 5.22. The van der Waals surface area contributed by atoms with E-state index in [2.05, 4.69) is 11.2 Å². The van der Waals surface area contributed by atoms with Crippen molar-refractivity contribution in [3.63, 3.8) is 0 Å². The minimum atomic E-state index is -0.254. The number of rotatable bonds is 3. The van der Waals surface area contributed by atoms with Gasteiger partial charge in [-0.3, -0.25) is 4.98 Å². The topological polar surface area (TPSA) is 31.4 Å². The first kappa shape index (κ1) is 8.01. The molecule has 0 amide bonds. The summed E-state index contributed by atoms with van der Waals surface area (Å²) in [6, 6.07) is 3.57. The van der Waals surface area contributed by atoms with E-state index in [9.17, 15) is 0 Å². The van der Waals surface area contributed by atoms with Crippen LogP contribution >= 0.6 is 0 Å². The lowest BCUT2D eigenvalue weighted by Crippen LogP contribution is -2.13. The zero-order valence-electron chi connectivity index (χ0n) is 6.57. The molecule has 0 N–H and O–H groups in total. The Morgan fingerprint density at radius 3 is 3.00 bits per heavy atom. The number of pyridine rings is 1. The summed E-state index contributed by atoms with van der Waals surface area (Å²) in [7, 11) is 1.58. The van der Waals surface area contributed by atoms with Gasteiger partial charge in [0.15, 0.2) is 12.0 Å². The highest BCUT2D eigenvalue weighted by atomic mass is 16.7. The largest absolute Gasteiger partial charge is 0.463 e. The highest BCUT2D eigenvalue weighted by molar-refractivity contribution is 5.13. The molecule has 0 aliphatic rings. The third-order valence-electron chi connectivity index (χ3n) is 1.21. The predicted molar refractivity (Wildman–Crippen MR) is 40.2 cm³/mol. The van der Waals surface area contributed by atoms with Gasteiger partial charge in [-0.05, 0) is 19.1 Å². The molecule has 0 aromatic carbocycles. The van der Waals surface area contributed by atoms with Gasteiger partial charge in [-0.1, -0.05) is 0 Å². The van der Waals surface area contributed by atoms with Gasteiger partial charge in [-0.2, -0.15) is 0 Å². The third kappa shape index (κ3) is 2.55. The fourth-order valence-electron chi connectivity index (χ4n) is 0.604. The van der Waals surface area contributed by atoms with Crippen LogP contribution < -0.4 is 4.74 Å². The molecule has 1 heterocycles. The number of hydrogen-bond donors (Lipinski definition) is 0. The van der Waals surface area contributed by atoms with Gasteiger partial charge in [-0.25, -0.2) is 0 Å². The molecule has 0 aliphatic heterocycles. The van der Waals surface area contributed by atoms with Gasteiger partial charge in [-0.15, -0.1) is 0 Å². The van der Waals surface area contributed by atoms with Crippen molar-refractivity contribution >= 4 is 0 Å². The molecule has 1 atom stereocenters. The van der Waals surface area contributed by atoms with Crippen LogP contribution in [-0.2, 0) is 4.74 Å². The molecular formula is C8H10NO2. The summed E-state index contributed by atoms with van der Waals surface area (Å²) >= 11 is 0. The van der Waals surface area contributed by atoms with Crippen molar-refractivity contribution in [1.29, 1.82) is 0 Å². The van der Waals surface area contributed by atoms with Crippen molar-refractivity contribution in [1.82, 2.24) is 4.98 Å². The van der Waals surface area contributed by atoms with E-state index >= 15 is 0 Å². The molecule has 59 valence electrons. The lowest BCUT2D eigenvalue weighted by molar-refractivity contribution is -0.0386. The maximum Gasteiger partial charge on any atom is 0.196 e. The standard InChI is InChI=1S/C8H10NO2/c1-7(10-2)11-8-4-3-5-9-6-8/h3-5,7H,1-2H3. The summed E-state index contributed by atoms with van der Waals surface area (Å²) in [5, 5.41) is 0. The molecule has 3 nitrogen and oxygen atoms in total. The zero-order valence-corrected chi connectivity index (χ0v) is 6.57. The van der Waals surface area contributed by atoms with E-state index in [1.54, 1.807) is 32.4 Å². The molecule has 1 radical (unpaired) electrons. The van der Waals surface area contributed by atoms with Crippen molar-refractivity contribution in [2.24, 2.45) is 0 Å². The summed E-state index contributed by atoms with van der Waals surface area (Å²) in [5.74, 6) is 0.599. The minimum Gasteiger partial charge on any atom is -0.463 e. The maximum atomic E-state index is 5.22. The number of hydrogen-bond acceptors (Lipinski definition) is 3. The molecule has 3 heteroatoms. The van der Waals surface area contributed by atoms with Gasteiger partial charge in [0.25, 0.3) is 0 Å². The first-order chi connectivity index (χ1) is 5.33. The molecule has 0 aliphatic carbocycles. The van der Waals surface area contributed by atoms with Crippen LogP contribution in [0.25, 0.3) is 0 Å².